The molecule has 6 fully saturated rings. The Kier molecular flexibility index (Phi) is 11.3. The number of rotatable bonds is 11. The van der Waals surface area contributed by atoms with Crippen LogP contribution in [0.25, 0.3) is 0 Å². The smallest absolute Gasteiger partial charge is 0.240 e. The standard InChI is InChI=1S/C36H66N4O5/c1-21-29-16-26(36(29,3)4)17-30(21)37-35(43)33-32(22(2)42)31(20-41)45-40(33)19-24-11-10-12-28(34(24)44-9)25-13-23(18-38(5)6)14-27(15-25)39(7)8/h21-34,41-42H,10-20H2,1-9H3,(H,37,43)/t21-,22-,23?,24?,25?,26+,27?,28?,29-,30+,31-,32+,33-,34?/m0/s1. The van der Waals surface area contributed by atoms with Gasteiger partial charge in [-0.3, -0.25) is 9.63 Å². The van der Waals surface area contributed by atoms with Crippen LogP contribution in [0.5, 0.6) is 0 Å². The summed E-state index contributed by atoms with van der Waals surface area (Å²) in [5.74, 6) is 3.08. The van der Waals surface area contributed by atoms with E-state index in [1.54, 1.807) is 6.92 Å². The topological polar surface area (TPSA) is 97.7 Å². The lowest BCUT2D eigenvalue weighted by molar-refractivity contribution is -0.193. The number of aliphatic hydroxyl groups is 2. The van der Waals surface area contributed by atoms with E-state index < -0.39 is 24.2 Å². The Morgan fingerprint density at radius 1 is 1.11 bits per heavy atom. The Morgan fingerprint density at radius 2 is 1.84 bits per heavy atom. The zero-order chi connectivity index (χ0) is 32.8. The van der Waals surface area contributed by atoms with Crippen molar-refractivity contribution in [1.29, 1.82) is 0 Å². The molecule has 6 unspecified atom stereocenters. The number of nitrogens with one attached hydrogen (secondary N) is 1. The first kappa shape index (κ1) is 35.5. The first-order valence-corrected chi connectivity index (χ1v) is 18.1. The van der Waals surface area contributed by atoms with E-state index in [4.69, 9.17) is 9.57 Å². The number of carbonyl (C=O) groups is 1. The van der Waals surface area contributed by atoms with Gasteiger partial charge >= 0.3 is 0 Å². The molecule has 5 saturated carbocycles. The number of hydroxylamine groups is 2. The summed E-state index contributed by atoms with van der Waals surface area (Å²) in [6.45, 7) is 10.2. The van der Waals surface area contributed by atoms with Gasteiger partial charge in [-0.15, -0.1) is 0 Å². The van der Waals surface area contributed by atoms with Gasteiger partial charge in [-0.25, -0.2) is 0 Å². The van der Waals surface area contributed by atoms with E-state index in [2.05, 4.69) is 64.1 Å². The molecule has 0 aromatic rings. The number of aliphatic hydroxyl groups excluding tert-OH is 2. The fraction of sp³-hybridized carbons (Fsp3) is 0.972. The summed E-state index contributed by atoms with van der Waals surface area (Å²) in [4.78, 5) is 25.3. The second-order valence-electron chi connectivity index (χ2n) is 17.0. The van der Waals surface area contributed by atoms with Gasteiger partial charge in [0.25, 0.3) is 0 Å². The molecule has 45 heavy (non-hydrogen) atoms. The lowest BCUT2D eigenvalue weighted by Gasteiger charge is -2.62. The third-order valence-corrected chi connectivity index (χ3v) is 13.5. The van der Waals surface area contributed by atoms with Crippen LogP contribution in [-0.2, 0) is 14.4 Å². The van der Waals surface area contributed by atoms with E-state index >= 15 is 0 Å². The summed E-state index contributed by atoms with van der Waals surface area (Å²) in [5, 5.41) is 26.5. The highest BCUT2D eigenvalue weighted by molar-refractivity contribution is 5.82. The molecule has 14 atom stereocenters. The highest BCUT2D eigenvalue weighted by Gasteiger charge is 2.58. The molecule has 9 nitrogen and oxygen atoms in total. The molecular formula is C36H66N4O5. The normalized spacial score (nSPS) is 44.2. The molecule has 5 aliphatic carbocycles. The summed E-state index contributed by atoms with van der Waals surface area (Å²) >= 11 is 0. The Hall–Kier alpha value is -0.810. The van der Waals surface area contributed by atoms with E-state index in [1.165, 1.54) is 32.1 Å². The SMILES string of the molecule is COC1C(CN2O[C@@H](CO)[C@@H]([C@H](C)O)[C@H]2C(=O)N[C@@H]2C[C@H]3C[C@@H]([C@@H]2C)C3(C)C)CCCC1C1CC(CN(C)C)CC(N(C)C)C1. The van der Waals surface area contributed by atoms with Crippen molar-refractivity contribution in [1.82, 2.24) is 20.2 Å². The van der Waals surface area contributed by atoms with Gasteiger partial charge in [-0.05, 0) is 121 Å². The predicted molar refractivity (Wildman–Crippen MR) is 177 cm³/mol. The average Bonchev–Trinajstić information content (AvgIpc) is 3.35. The third kappa shape index (κ3) is 7.16. The van der Waals surface area contributed by atoms with Crippen molar-refractivity contribution in [3.63, 3.8) is 0 Å². The minimum atomic E-state index is -0.782. The maximum atomic E-state index is 14.2. The van der Waals surface area contributed by atoms with Crippen LogP contribution in [-0.4, -0.2) is 122 Å². The van der Waals surface area contributed by atoms with Gasteiger partial charge < -0.3 is 30.1 Å². The molecular weight excluding hydrogens is 568 g/mol. The van der Waals surface area contributed by atoms with Gasteiger partial charge in [0.2, 0.25) is 5.91 Å². The predicted octanol–water partition coefficient (Wildman–Crippen LogP) is 3.49. The molecule has 1 amide bonds. The van der Waals surface area contributed by atoms with Crippen LogP contribution in [0.2, 0.25) is 0 Å². The van der Waals surface area contributed by atoms with Crippen LogP contribution >= 0.6 is 0 Å². The lowest BCUT2D eigenvalue weighted by Crippen LogP contribution is -2.62. The monoisotopic (exact) mass is 635 g/mol. The Morgan fingerprint density at radius 3 is 2.42 bits per heavy atom. The summed E-state index contributed by atoms with van der Waals surface area (Å²) in [7, 11) is 10.7. The van der Waals surface area contributed by atoms with Crippen LogP contribution in [0, 0.1) is 52.8 Å². The summed E-state index contributed by atoms with van der Waals surface area (Å²) in [6, 6.07) is 0.0732. The van der Waals surface area contributed by atoms with Crippen molar-refractivity contribution in [3.8, 4) is 0 Å². The number of carbonyl (C=O) groups excluding carboxylic acids is 1. The van der Waals surface area contributed by atoms with Crippen molar-refractivity contribution < 1.29 is 24.6 Å². The molecule has 0 spiro atoms. The average molecular weight is 635 g/mol. The Bertz CT molecular complexity index is 992. The van der Waals surface area contributed by atoms with Crippen LogP contribution < -0.4 is 5.32 Å². The number of hydrogen-bond acceptors (Lipinski definition) is 8. The van der Waals surface area contributed by atoms with Crippen molar-refractivity contribution in [3.05, 3.63) is 0 Å². The molecule has 1 saturated heterocycles. The largest absolute Gasteiger partial charge is 0.394 e. The lowest BCUT2D eigenvalue weighted by atomic mass is 9.45. The van der Waals surface area contributed by atoms with Crippen LogP contribution in [0.3, 0.4) is 0 Å². The van der Waals surface area contributed by atoms with Crippen molar-refractivity contribution in [2.75, 3.05) is 55.0 Å². The molecule has 9 heteroatoms. The van der Waals surface area contributed by atoms with Crippen LogP contribution in [0.1, 0.15) is 79.1 Å². The van der Waals surface area contributed by atoms with Crippen LogP contribution in [0.15, 0.2) is 0 Å². The summed E-state index contributed by atoms with van der Waals surface area (Å²) in [6.07, 6.45) is 7.99. The fourth-order valence-corrected chi connectivity index (χ4v) is 11.0. The zero-order valence-electron chi connectivity index (χ0n) is 29.8. The minimum absolute atomic E-state index is 0.0678. The maximum absolute atomic E-state index is 14.2. The summed E-state index contributed by atoms with van der Waals surface area (Å²) in [5.41, 5.74) is 0.345. The molecule has 0 radical (unpaired) electrons. The Balaban J connectivity index is 1.32. The summed E-state index contributed by atoms with van der Waals surface area (Å²) < 4.78 is 6.38. The highest BCUT2D eigenvalue weighted by atomic mass is 16.7. The molecule has 0 aromatic heterocycles. The van der Waals surface area contributed by atoms with Crippen molar-refractivity contribution >= 4 is 5.91 Å². The van der Waals surface area contributed by atoms with Crippen molar-refractivity contribution in [2.24, 2.45) is 52.8 Å². The van der Waals surface area contributed by atoms with E-state index in [0.717, 1.165) is 25.8 Å². The zero-order valence-corrected chi connectivity index (χ0v) is 29.8. The second kappa shape index (κ2) is 14.4. The van der Waals surface area contributed by atoms with Gasteiger partial charge in [-0.2, -0.15) is 5.06 Å². The van der Waals surface area contributed by atoms with Gasteiger partial charge in [0.05, 0.1) is 18.8 Å². The van der Waals surface area contributed by atoms with E-state index in [9.17, 15) is 15.0 Å². The molecule has 6 aliphatic rings. The maximum Gasteiger partial charge on any atom is 0.240 e. The van der Waals surface area contributed by atoms with Gasteiger partial charge in [0.1, 0.15) is 12.1 Å². The quantitative estimate of drug-likeness (QED) is 0.318. The molecule has 260 valence electrons. The first-order valence-electron chi connectivity index (χ1n) is 18.1. The first-order chi connectivity index (χ1) is 21.3. The van der Waals surface area contributed by atoms with E-state index in [-0.39, 0.29) is 30.6 Å². The van der Waals surface area contributed by atoms with Gasteiger partial charge in [0.15, 0.2) is 0 Å². The molecule has 0 aromatic carbocycles. The minimum Gasteiger partial charge on any atom is -0.394 e. The molecule has 6 rings (SSSR count). The third-order valence-electron chi connectivity index (χ3n) is 13.5. The van der Waals surface area contributed by atoms with E-state index in [0.29, 0.717) is 53.5 Å². The molecule has 2 bridgehead atoms. The number of fused-ring (bicyclic) bond motifs is 2. The molecule has 3 N–H and O–H groups in total. The van der Waals surface area contributed by atoms with E-state index in [1.807, 2.05) is 12.2 Å². The fourth-order valence-electron chi connectivity index (χ4n) is 11.0. The molecule has 1 aliphatic heterocycles. The second-order valence-corrected chi connectivity index (χ2v) is 17.0. The van der Waals surface area contributed by atoms with Crippen LogP contribution in [0.4, 0.5) is 0 Å². The Labute approximate surface area is 273 Å². The number of nitrogens with zero attached hydrogens (tertiary/aromatic N) is 3. The highest BCUT2D eigenvalue weighted by Crippen LogP contribution is 2.61. The number of amides is 1. The van der Waals surface area contributed by atoms with Gasteiger partial charge in [-0.1, -0.05) is 27.2 Å². The van der Waals surface area contributed by atoms with Gasteiger partial charge in [0, 0.05) is 44.1 Å². The molecule has 1 heterocycles. The number of ether oxygens (including phenoxy) is 1. The van der Waals surface area contributed by atoms with Crippen molar-refractivity contribution in [2.45, 2.75) is 115 Å². The number of hydrogen-bond donors (Lipinski definition) is 3. The number of methoxy groups -OCH3 is 1.